The summed E-state index contributed by atoms with van der Waals surface area (Å²) in [6.07, 6.45) is 1.35. The lowest BCUT2D eigenvalue weighted by atomic mass is 10.1. The van der Waals surface area contributed by atoms with E-state index in [2.05, 4.69) is 9.36 Å². The van der Waals surface area contributed by atoms with Crippen molar-refractivity contribution in [2.24, 2.45) is 5.73 Å². The standard InChI is InChI=1S/C12H14FN3S2/c1-2-11-15-12(18-16-11)17-10-5-3-4-9(13)8(10)6-7-14/h3-5H,2,6-7,14H2,1H3. The molecule has 2 N–H and O–H groups in total. The van der Waals surface area contributed by atoms with Gasteiger partial charge in [0.05, 0.1) is 0 Å². The van der Waals surface area contributed by atoms with Gasteiger partial charge in [-0.05, 0) is 36.6 Å². The molecular formula is C12H14FN3S2. The fraction of sp³-hybridized carbons (Fsp3) is 0.333. The molecule has 0 saturated carbocycles. The van der Waals surface area contributed by atoms with Crippen LogP contribution >= 0.6 is 23.3 Å². The van der Waals surface area contributed by atoms with Gasteiger partial charge in [-0.2, -0.15) is 4.37 Å². The Hall–Kier alpha value is -0.980. The molecule has 0 aliphatic carbocycles. The molecule has 0 unspecified atom stereocenters. The first kappa shape index (κ1) is 13.5. The van der Waals surface area contributed by atoms with E-state index in [0.717, 1.165) is 21.5 Å². The third-order valence-electron chi connectivity index (χ3n) is 2.43. The Morgan fingerprint density at radius 3 is 2.94 bits per heavy atom. The maximum Gasteiger partial charge on any atom is 0.174 e. The van der Waals surface area contributed by atoms with Crippen LogP contribution in [0.15, 0.2) is 27.4 Å². The van der Waals surface area contributed by atoms with Gasteiger partial charge in [0.2, 0.25) is 0 Å². The zero-order chi connectivity index (χ0) is 13.0. The number of aromatic nitrogens is 2. The smallest absolute Gasteiger partial charge is 0.174 e. The second-order valence-corrected chi connectivity index (χ2v) is 5.73. The summed E-state index contributed by atoms with van der Waals surface area (Å²) in [6.45, 7) is 2.45. The average molecular weight is 283 g/mol. The molecule has 0 aliphatic rings. The molecule has 0 atom stereocenters. The summed E-state index contributed by atoms with van der Waals surface area (Å²) in [5.41, 5.74) is 6.18. The maximum atomic E-state index is 13.7. The molecule has 3 nitrogen and oxygen atoms in total. The van der Waals surface area contributed by atoms with Crippen LogP contribution in [0.5, 0.6) is 0 Å². The first-order valence-electron chi connectivity index (χ1n) is 5.72. The fourth-order valence-corrected chi connectivity index (χ4v) is 3.38. The summed E-state index contributed by atoms with van der Waals surface area (Å²) in [7, 11) is 0. The van der Waals surface area contributed by atoms with Gasteiger partial charge in [0, 0.05) is 16.9 Å². The number of nitrogens with zero attached hydrogens (tertiary/aromatic N) is 2. The van der Waals surface area contributed by atoms with Gasteiger partial charge in [-0.1, -0.05) is 24.8 Å². The molecule has 0 amide bonds. The molecule has 0 bridgehead atoms. The lowest BCUT2D eigenvalue weighted by Gasteiger charge is -2.07. The summed E-state index contributed by atoms with van der Waals surface area (Å²) >= 11 is 2.80. The SMILES string of the molecule is CCc1nsc(Sc2cccc(F)c2CCN)n1. The van der Waals surface area contributed by atoms with Gasteiger partial charge in [-0.25, -0.2) is 9.37 Å². The van der Waals surface area contributed by atoms with Crippen LogP contribution in [0.1, 0.15) is 18.3 Å². The Morgan fingerprint density at radius 1 is 1.44 bits per heavy atom. The van der Waals surface area contributed by atoms with Crippen LogP contribution in [0.25, 0.3) is 0 Å². The lowest BCUT2D eigenvalue weighted by Crippen LogP contribution is -2.05. The highest BCUT2D eigenvalue weighted by molar-refractivity contribution is 8.01. The molecule has 2 rings (SSSR count). The number of halogens is 1. The molecular weight excluding hydrogens is 269 g/mol. The summed E-state index contributed by atoms with van der Waals surface area (Å²) in [6, 6.07) is 5.07. The van der Waals surface area contributed by atoms with Gasteiger partial charge in [0.15, 0.2) is 4.34 Å². The summed E-state index contributed by atoms with van der Waals surface area (Å²) in [5, 5.41) is 0. The summed E-state index contributed by atoms with van der Waals surface area (Å²) < 4.78 is 18.8. The minimum absolute atomic E-state index is 0.203. The largest absolute Gasteiger partial charge is 0.330 e. The van der Waals surface area contributed by atoms with Crippen LogP contribution in [0.2, 0.25) is 0 Å². The molecule has 1 aromatic heterocycles. The van der Waals surface area contributed by atoms with Gasteiger partial charge in [0.25, 0.3) is 0 Å². The number of hydrogen-bond donors (Lipinski definition) is 1. The number of rotatable bonds is 5. The van der Waals surface area contributed by atoms with Crippen molar-refractivity contribution in [2.75, 3.05) is 6.54 Å². The van der Waals surface area contributed by atoms with Crippen LogP contribution < -0.4 is 5.73 Å². The number of hydrogen-bond acceptors (Lipinski definition) is 5. The van der Waals surface area contributed by atoms with E-state index >= 15 is 0 Å². The molecule has 1 aromatic carbocycles. The summed E-state index contributed by atoms with van der Waals surface area (Å²) in [5.74, 6) is 0.630. The summed E-state index contributed by atoms with van der Waals surface area (Å²) in [4.78, 5) is 5.25. The van der Waals surface area contributed by atoms with Crippen LogP contribution in [-0.2, 0) is 12.8 Å². The normalized spacial score (nSPS) is 10.8. The quantitative estimate of drug-likeness (QED) is 0.916. The first-order valence-corrected chi connectivity index (χ1v) is 7.31. The highest BCUT2D eigenvalue weighted by Crippen LogP contribution is 2.32. The Kier molecular flexibility index (Phi) is 4.68. The number of benzene rings is 1. The van der Waals surface area contributed by atoms with Crippen molar-refractivity contribution in [1.82, 2.24) is 9.36 Å². The average Bonchev–Trinajstić information content (AvgIpc) is 2.81. The predicted molar refractivity (Wildman–Crippen MR) is 72.6 cm³/mol. The molecule has 2 aromatic rings. The Balaban J connectivity index is 2.25. The second-order valence-electron chi connectivity index (χ2n) is 3.69. The van der Waals surface area contributed by atoms with Crippen molar-refractivity contribution in [3.8, 4) is 0 Å². The molecule has 0 aliphatic heterocycles. The van der Waals surface area contributed by atoms with E-state index in [-0.39, 0.29) is 5.82 Å². The van der Waals surface area contributed by atoms with Crippen LogP contribution in [0.3, 0.4) is 0 Å². The van der Waals surface area contributed by atoms with E-state index in [1.807, 2.05) is 13.0 Å². The molecule has 6 heteroatoms. The highest BCUT2D eigenvalue weighted by atomic mass is 32.2. The molecule has 18 heavy (non-hydrogen) atoms. The lowest BCUT2D eigenvalue weighted by molar-refractivity contribution is 0.603. The van der Waals surface area contributed by atoms with Gasteiger partial charge >= 0.3 is 0 Å². The minimum Gasteiger partial charge on any atom is -0.330 e. The van der Waals surface area contributed by atoms with Crippen molar-refractivity contribution in [2.45, 2.75) is 29.0 Å². The van der Waals surface area contributed by atoms with E-state index in [9.17, 15) is 4.39 Å². The van der Waals surface area contributed by atoms with E-state index < -0.39 is 0 Å². The van der Waals surface area contributed by atoms with E-state index in [1.54, 1.807) is 6.07 Å². The van der Waals surface area contributed by atoms with E-state index in [1.165, 1.54) is 29.4 Å². The number of aryl methyl sites for hydroxylation is 1. The molecule has 0 saturated heterocycles. The zero-order valence-corrected chi connectivity index (χ0v) is 11.7. The van der Waals surface area contributed by atoms with Crippen molar-refractivity contribution < 1.29 is 4.39 Å². The van der Waals surface area contributed by atoms with Gasteiger partial charge < -0.3 is 5.73 Å². The minimum atomic E-state index is -0.203. The molecule has 96 valence electrons. The van der Waals surface area contributed by atoms with Crippen molar-refractivity contribution >= 4 is 23.3 Å². The van der Waals surface area contributed by atoms with Crippen molar-refractivity contribution in [3.05, 3.63) is 35.4 Å². The third kappa shape index (κ3) is 3.07. The van der Waals surface area contributed by atoms with Gasteiger partial charge in [0.1, 0.15) is 11.6 Å². The van der Waals surface area contributed by atoms with Gasteiger partial charge in [-0.15, -0.1) is 0 Å². The highest BCUT2D eigenvalue weighted by Gasteiger charge is 2.11. The van der Waals surface area contributed by atoms with Crippen molar-refractivity contribution in [3.63, 3.8) is 0 Å². The zero-order valence-electron chi connectivity index (χ0n) is 10.0. The topological polar surface area (TPSA) is 51.8 Å². The Bertz CT molecular complexity index is 528. The van der Waals surface area contributed by atoms with Crippen LogP contribution in [-0.4, -0.2) is 15.9 Å². The van der Waals surface area contributed by atoms with Gasteiger partial charge in [-0.3, -0.25) is 0 Å². The fourth-order valence-electron chi connectivity index (χ4n) is 1.54. The maximum absolute atomic E-state index is 13.7. The predicted octanol–water partition coefficient (Wildman–Crippen LogP) is 2.89. The molecule has 0 radical (unpaired) electrons. The van der Waals surface area contributed by atoms with E-state index in [4.69, 9.17) is 5.73 Å². The Labute approximate surface area is 114 Å². The van der Waals surface area contributed by atoms with Crippen LogP contribution in [0, 0.1) is 5.82 Å². The molecule has 1 heterocycles. The van der Waals surface area contributed by atoms with Crippen molar-refractivity contribution in [1.29, 1.82) is 0 Å². The third-order valence-corrected chi connectivity index (χ3v) is 4.32. The number of nitrogens with two attached hydrogens (primary N) is 1. The first-order chi connectivity index (χ1) is 8.74. The Morgan fingerprint density at radius 2 is 2.28 bits per heavy atom. The monoisotopic (exact) mass is 283 g/mol. The van der Waals surface area contributed by atoms with Crippen LogP contribution in [0.4, 0.5) is 4.39 Å². The second kappa shape index (κ2) is 6.26. The van der Waals surface area contributed by atoms with E-state index in [0.29, 0.717) is 18.5 Å². The molecule has 0 spiro atoms. The molecule has 0 fully saturated rings.